The lowest BCUT2D eigenvalue weighted by Gasteiger charge is -2.39. The zero-order valence-electron chi connectivity index (χ0n) is 17.7. The number of hydrogen-bond donors (Lipinski definition) is 0. The summed E-state index contributed by atoms with van der Waals surface area (Å²) in [5.74, 6) is 4.35. The molecule has 0 unspecified atom stereocenters. The van der Waals surface area contributed by atoms with Gasteiger partial charge in [0.2, 0.25) is 0 Å². The smallest absolute Gasteiger partial charge is 0.119 e. The van der Waals surface area contributed by atoms with E-state index >= 15 is 0 Å². The summed E-state index contributed by atoms with van der Waals surface area (Å²) >= 11 is 0. The summed E-state index contributed by atoms with van der Waals surface area (Å²) in [4.78, 5) is 7.12. The zero-order valence-corrected chi connectivity index (χ0v) is 17.7. The summed E-state index contributed by atoms with van der Waals surface area (Å²) in [6, 6.07) is 8.92. The zero-order chi connectivity index (χ0) is 19.8. The van der Waals surface area contributed by atoms with Crippen molar-refractivity contribution >= 4 is 0 Å². The van der Waals surface area contributed by atoms with E-state index in [4.69, 9.17) is 9.47 Å². The van der Waals surface area contributed by atoms with Gasteiger partial charge in [-0.2, -0.15) is 0 Å². The maximum absolute atomic E-state index is 6.51. The van der Waals surface area contributed by atoms with Crippen LogP contribution in [0.5, 0.6) is 5.75 Å². The molecule has 1 aromatic carbocycles. The SMILES string of the molecule is COc1cccc(CN2C[C@H]3C[C@H](OCC4CC4)[C@@H](n4ccnc4C)C[C@H]3C2)c1. The molecule has 3 aliphatic rings. The average molecular weight is 396 g/mol. The molecule has 29 heavy (non-hydrogen) atoms. The van der Waals surface area contributed by atoms with Crippen molar-refractivity contribution in [1.82, 2.24) is 14.5 Å². The van der Waals surface area contributed by atoms with Crippen LogP contribution in [0.15, 0.2) is 36.7 Å². The summed E-state index contributed by atoms with van der Waals surface area (Å²) in [6.45, 7) is 6.43. The van der Waals surface area contributed by atoms with Gasteiger partial charge in [-0.3, -0.25) is 4.90 Å². The van der Waals surface area contributed by atoms with Gasteiger partial charge in [-0.05, 0) is 68.1 Å². The summed E-state index contributed by atoms with van der Waals surface area (Å²) in [6.07, 6.45) is 9.48. The number of imidazole rings is 1. The molecule has 2 aromatic rings. The molecule has 0 spiro atoms. The van der Waals surface area contributed by atoms with E-state index in [1.165, 1.54) is 44.3 Å². The third-order valence-corrected chi connectivity index (χ3v) is 7.16. The molecule has 4 atom stereocenters. The Labute approximate surface area is 174 Å². The first kappa shape index (κ1) is 19.1. The Bertz CT molecular complexity index is 831. The Kier molecular flexibility index (Phi) is 5.35. The van der Waals surface area contributed by atoms with Crippen LogP contribution in [-0.2, 0) is 11.3 Å². The Hall–Kier alpha value is -1.85. The van der Waals surface area contributed by atoms with Gasteiger partial charge in [0.25, 0.3) is 0 Å². The maximum Gasteiger partial charge on any atom is 0.119 e. The molecule has 5 rings (SSSR count). The first-order chi connectivity index (χ1) is 14.2. The van der Waals surface area contributed by atoms with Crippen LogP contribution < -0.4 is 4.74 Å². The van der Waals surface area contributed by atoms with Crippen LogP contribution in [0, 0.1) is 24.7 Å². The minimum absolute atomic E-state index is 0.321. The van der Waals surface area contributed by atoms with E-state index in [1.54, 1.807) is 7.11 Å². The highest BCUT2D eigenvalue weighted by molar-refractivity contribution is 5.28. The third kappa shape index (κ3) is 4.22. The second-order valence-electron chi connectivity index (χ2n) is 9.30. The fraction of sp³-hybridized carbons (Fsp3) is 0.625. The minimum Gasteiger partial charge on any atom is -0.497 e. The van der Waals surface area contributed by atoms with Crippen LogP contribution >= 0.6 is 0 Å². The molecule has 2 aliphatic carbocycles. The van der Waals surface area contributed by atoms with Crippen molar-refractivity contribution in [1.29, 1.82) is 0 Å². The van der Waals surface area contributed by atoms with Gasteiger partial charge in [0, 0.05) is 38.6 Å². The number of hydrogen-bond acceptors (Lipinski definition) is 4. The van der Waals surface area contributed by atoms with Crippen LogP contribution in [0.1, 0.15) is 43.1 Å². The lowest BCUT2D eigenvalue weighted by atomic mass is 9.77. The van der Waals surface area contributed by atoms with Crippen molar-refractivity contribution in [2.24, 2.45) is 17.8 Å². The van der Waals surface area contributed by atoms with Crippen molar-refractivity contribution in [3.05, 3.63) is 48.0 Å². The summed E-state index contributed by atoms with van der Waals surface area (Å²) < 4.78 is 14.3. The second-order valence-corrected chi connectivity index (χ2v) is 9.30. The Morgan fingerprint density at radius 1 is 1.14 bits per heavy atom. The van der Waals surface area contributed by atoms with Crippen molar-refractivity contribution < 1.29 is 9.47 Å². The predicted octanol–water partition coefficient (Wildman–Crippen LogP) is 4.08. The first-order valence-electron chi connectivity index (χ1n) is 11.2. The van der Waals surface area contributed by atoms with Crippen molar-refractivity contribution in [2.75, 3.05) is 26.8 Å². The summed E-state index contributed by atoms with van der Waals surface area (Å²) in [5, 5.41) is 0. The Morgan fingerprint density at radius 2 is 1.97 bits per heavy atom. The number of ether oxygens (including phenoxy) is 2. The van der Waals surface area contributed by atoms with E-state index in [0.29, 0.717) is 12.1 Å². The molecule has 0 N–H and O–H groups in total. The molecule has 5 nitrogen and oxygen atoms in total. The number of likely N-dealkylation sites (tertiary alicyclic amines) is 1. The lowest BCUT2D eigenvalue weighted by Crippen LogP contribution is -2.38. The topological polar surface area (TPSA) is 39.5 Å². The van der Waals surface area contributed by atoms with E-state index in [2.05, 4.69) is 45.8 Å². The lowest BCUT2D eigenvalue weighted by molar-refractivity contribution is -0.0343. The van der Waals surface area contributed by atoms with E-state index in [-0.39, 0.29) is 0 Å². The number of benzene rings is 1. The molecule has 2 saturated carbocycles. The van der Waals surface area contributed by atoms with Gasteiger partial charge < -0.3 is 14.0 Å². The van der Waals surface area contributed by atoms with Gasteiger partial charge in [-0.1, -0.05) is 12.1 Å². The normalized spacial score (nSPS) is 29.7. The van der Waals surface area contributed by atoms with Crippen LogP contribution in [-0.4, -0.2) is 47.4 Å². The van der Waals surface area contributed by atoms with Gasteiger partial charge in [0.1, 0.15) is 11.6 Å². The quantitative estimate of drug-likeness (QED) is 0.708. The largest absolute Gasteiger partial charge is 0.497 e. The second kappa shape index (κ2) is 8.11. The first-order valence-corrected chi connectivity index (χ1v) is 11.2. The highest BCUT2D eigenvalue weighted by atomic mass is 16.5. The number of methoxy groups -OCH3 is 1. The van der Waals surface area contributed by atoms with E-state index < -0.39 is 0 Å². The van der Waals surface area contributed by atoms with E-state index in [1.807, 2.05) is 12.3 Å². The monoisotopic (exact) mass is 395 g/mol. The standard InChI is InChI=1S/C24H33N3O2/c1-17-25-8-9-27(17)23-11-20-14-26(13-19-4-3-5-22(10-19)28-2)15-21(20)12-24(23)29-16-18-6-7-18/h3-5,8-10,18,20-21,23-24H,6-7,11-16H2,1-2H3/t20-,21+,23-,24-/m0/s1. The van der Waals surface area contributed by atoms with Gasteiger partial charge in [-0.25, -0.2) is 4.98 Å². The van der Waals surface area contributed by atoms with Gasteiger partial charge in [-0.15, -0.1) is 0 Å². The summed E-state index contributed by atoms with van der Waals surface area (Å²) in [5.41, 5.74) is 1.34. The van der Waals surface area contributed by atoms with Crippen molar-refractivity contribution in [3.63, 3.8) is 0 Å². The molecule has 1 aromatic heterocycles. The number of fused-ring (bicyclic) bond motifs is 1. The molecule has 156 valence electrons. The fourth-order valence-electron chi connectivity index (χ4n) is 5.40. The molecular weight excluding hydrogens is 362 g/mol. The maximum atomic E-state index is 6.51. The van der Waals surface area contributed by atoms with Crippen molar-refractivity contribution in [2.45, 2.75) is 51.3 Å². The van der Waals surface area contributed by atoms with E-state index in [9.17, 15) is 0 Å². The number of nitrogens with zero attached hydrogens (tertiary/aromatic N) is 3. The molecule has 0 bridgehead atoms. The molecule has 1 aliphatic heterocycles. The van der Waals surface area contributed by atoms with Gasteiger partial charge in [0.15, 0.2) is 0 Å². The van der Waals surface area contributed by atoms with Crippen LogP contribution in [0.3, 0.4) is 0 Å². The Morgan fingerprint density at radius 3 is 2.69 bits per heavy atom. The highest BCUT2D eigenvalue weighted by Crippen LogP contribution is 2.44. The highest BCUT2D eigenvalue weighted by Gasteiger charge is 2.44. The van der Waals surface area contributed by atoms with Gasteiger partial charge >= 0.3 is 0 Å². The third-order valence-electron chi connectivity index (χ3n) is 7.16. The van der Waals surface area contributed by atoms with Crippen LogP contribution in [0.2, 0.25) is 0 Å². The number of aryl methyl sites for hydroxylation is 1. The predicted molar refractivity (Wildman–Crippen MR) is 113 cm³/mol. The van der Waals surface area contributed by atoms with Crippen LogP contribution in [0.4, 0.5) is 0 Å². The number of rotatable bonds is 7. The number of aromatic nitrogens is 2. The molecular formula is C24H33N3O2. The van der Waals surface area contributed by atoms with Gasteiger partial charge in [0.05, 0.1) is 19.3 Å². The Balaban J connectivity index is 1.28. The molecule has 1 saturated heterocycles. The van der Waals surface area contributed by atoms with E-state index in [0.717, 1.165) is 42.5 Å². The fourth-order valence-corrected chi connectivity index (χ4v) is 5.40. The summed E-state index contributed by atoms with van der Waals surface area (Å²) in [7, 11) is 1.74. The molecule has 0 amide bonds. The van der Waals surface area contributed by atoms with Crippen molar-refractivity contribution in [3.8, 4) is 5.75 Å². The molecule has 5 heteroatoms. The molecule has 3 fully saturated rings. The molecule has 2 heterocycles. The average Bonchev–Trinajstić information content (AvgIpc) is 3.34. The minimum atomic E-state index is 0.321. The van der Waals surface area contributed by atoms with Crippen LogP contribution in [0.25, 0.3) is 0 Å². The molecule has 0 radical (unpaired) electrons.